The van der Waals surface area contributed by atoms with Gasteiger partial charge in [-0.3, -0.25) is 0 Å². The first-order valence-electron chi connectivity index (χ1n) is 5.12. The van der Waals surface area contributed by atoms with E-state index in [9.17, 15) is 4.79 Å². The highest BCUT2D eigenvalue weighted by molar-refractivity contribution is 5.89. The highest BCUT2D eigenvalue weighted by Crippen LogP contribution is 2.14. The summed E-state index contributed by atoms with van der Waals surface area (Å²) in [6.45, 7) is 1.82. The van der Waals surface area contributed by atoms with Gasteiger partial charge in [0.25, 0.3) is 0 Å². The van der Waals surface area contributed by atoms with Gasteiger partial charge in [-0.05, 0) is 36.2 Å². The molecule has 0 fully saturated rings. The van der Waals surface area contributed by atoms with Gasteiger partial charge in [-0.1, -0.05) is 12.1 Å². The van der Waals surface area contributed by atoms with Crippen LogP contribution in [0.3, 0.4) is 0 Å². The van der Waals surface area contributed by atoms with Crippen LogP contribution < -0.4 is 0 Å². The summed E-state index contributed by atoms with van der Waals surface area (Å²) < 4.78 is 0. The van der Waals surface area contributed by atoms with Crippen LogP contribution in [0.15, 0.2) is 36.5 Å². The van der Waals surface area contributed by atoms with Crippen molar-refractivity contribution in [1.82, 2.24) is 4.98 Å². The SMILES string of the molecule is Cc1cc(Cc2ccc[nH]2)ccc1C(=O)O. The third-order valence-electron chi connectivity index (χ3n) is 2.58. The summed E-state index contributed by atoms with van der Waals surface area (Å²) in [5.41, 5.74) is 3.42. The van der Waals surface area contributed by atoms with E-state index in [1.54, 1.807) is 6.07 Å². The van der Waals surface area contributed by atoms with Crippen LogP contribution in [0.1, 0.15) is 27.2 Å². The van der Waals surface area contributed by atoms with E-state index in [1.165, 1.54) is 0 Å². The Morgan fingerprint density at radius 2 is 2.19 bits per heavy atom. The van der Waals surface area contributed by atoms with Crippen molar-refractivity contribution in [1.29, 1.82) is 0 Å². The van der Waals surface area contributed by atoms with Gasteiger partial charge in [0.05, 0.1) is 5.56 Å². The van der Waals surface area contributed by atoms with Gasteiger partial charge in [-0.25, -0.2) is 4.79 Å². The molecule has 0 radical (unpaired) electrons. The Bertz CT molecular complexity index is 501. The van der Waals surface area contributed by atoms with Crippen molar-refractivity contribution in [3.8, 4) is 0 Å². The van der Waals surface area contributed by atoms with Crippen molar-refractivity contribution < 1.29 is 9.90 Å². The van der Waals surface area contributed by atoms with Crippen LogP contribution in [0, 0.1) is 6.92 Å². The molecule has 2 aromatic rings. The van der Waals surface area contributed by atoms with Gasteiger partial charge in [0.2, 0.25) is 0 Å². The molecule has 2 rings (SSSR count). The van der Waals surface area contributed by atoms with Crippen LogP contribution >= 0.6 is 0 Å². The summed E-state index contributed by atoms with van der Waals surface area (Å²) >= 11 is 0. The molecule has 3 nitrogen and oxygen atoms in total. The zero-order chi connectivity index (χ0) is 11.5. The van der Waals surface area contributed by atoms with E-state index in [2.05, 4.69) is 4.98 Å². The number of aromatic nitrogens is 1. The zero-order valence-electron chi connectivity index (χ0n) is 9.03. The number of nitrogens with one attached hydrogen (secondary N) is 1. The number of aromatic amines is 1. The third-order valence-corrected chi connectivity index (χ3v) is 2.58. The lowest BCUT2D eigenvalue weighted by molar-refractivity contribution is 0.0696. The molecule has 0 aliphatic carbocycles. The molecule has 1 aromatic carbocycles. The van der Waals surface area contributed by atoms with Gasteiger partial charge in [0.15, 0.2) is 0 Å². The Morgan fingerprint density at radius 3 is 2.75 bits per heavy atom. The first kappa shape index (κ1) is 10.5. The van der Waals surface area contributed by atoms with Crippen LogP contribution in [-0.2, 0) is 6.42 Å². The fourth-order valence-electron chi connectivity index (χ4n) is 1.77. The van der Waals surface area contributed by atoms with Crippen LogP contribution in [0.4, 0.5) is 0 Å². The molecular formula is C13H13NO2. The van der Waals surface area contributed by atoms with Crippen molar-refractivity contribution >= 4 is 5.97 Å². The second-order valence-electron chi connectivity index (χ2n) is 3.83. The summed E-state index contributed by atoms with van der Waals surface area (Å²) in [5.74, 6) is -0.871. The topological polar surface area (TPSA) is 53.1 Å². The van der Waals surface area contributed by atoms with Crippen molar-refractivity contribution in [2.45, 2.75) is 13.3 Å². The third kappa shape index (κ3) is 2.14. The molecule has 16 heavy (non-hydrogen) atoms. The predicted octanol–water partition coefficient (Wildman–Crippen LogP) is 2.61. The fourth-order valence-corrected chi connectivity index (χ4v) is 1.77. The van der Waals surface area contributed by atoms with E-state index in [0.717, 1.165) is 23.2 Å². The van der Waals surface area contributed by atoms with Crippen molar-refractivity contribution in [3.63, 3.8) is 0 Å². The Hall–Kier alpha value is -2.03. The quantitative estimate of drug-likeness (QED) is 0.826. The molecule has 0 saturated heterocycles. The molecule has 1 heterocycles. The molecule has 0 unspecified atom stereocenters. The maximum atomic E-state index is 10.8. The van der Waals surface area contributed by atoms with Gasteiger partial charge in [0.1, 0.15) is 0 Å². The van der Waals surface area contributed by atoms with Gasteiger partial charge in [0, 0.05) is 18.3 Å². The molecule has 0 atom stereocenters. The van der Waals surface area contributed by atoms with E-state index < -0.39 is 5.97 Å². The largest absolute Gasteiger partial charge is 0.478 e. The predicted molar refractivity (Wildman–Crippen MR) is 61.7 cm³/mol. The molecule has 2 N–H and O–H groups in total. The van der Waals surface area contributed by atoms with Crippen LogP contribution in [0.2, 0.25) is 0 Å². The van der Waals surface area contributed by atoms with Crippen molar-refractivity contribution in [2.24, 2.45) is 0 Å². The number of aryl methyl sites for hydroxylation is 1. The first-order valence-corrected chi connectivity index (χ1v) is 5.12. The summed E-state index contributed by atoms with van der Waals surface area (Å²) in [6, 6.07) is 9.41. The Kier molecular flexibility index (Phi) is 2.77. The molecule has 1 aromatic heterocycles. The second kappa shape index (κ2) is 4.23. The average molecular weight is 215 g/mol. The molecule has 0 spiro atoms. The smallest absolute Gasteiger partial charge is 0.335 e. The summed E-state index contributed by atoms with van der Waals surface area (Å²) in [4.78, 5) is 14.0. The number of benzene rings is 1. The van der Waals surface area contributed by atoms with E-state index >= 15 is 0 Å². The maximum absolute atomic E-state index is 10.8. The van der Waals surface area contributed by atoms with Crippen LogP contribution in [-0.4, -0.2) is 16.1 Å². The minimum absolute atomic E-state index is 0.371. The average Bonchev–Trinajstić information content (AvgIpc) is 2.70. The lowest BCUT2D eigenvalue weighted by Gasteiger charge is -2.04. The zero-order valence-corrected chi connectivity index (χ0v) is 9.03. The van der Waals surface area contributed by atoms with E-state index in [-0.39, 0.29) is 0 Å². The van der Waals surface area contributed by atoms with Gasteiger partial charge in [-0.2, -0.15) is 0 Å². The van der Waals surface area contributed by atoms with Crippen molar-refractivity contribution in [2.75, 3.05) is 0 Å². The number of hydrogen-bond acceptors (Lipinski definition) is 1. The number of hydrogen-bond donors (Lipinski definition) is 2. The van der Waals surface area contributed by atoms with Gasteiger partial charge < -0.3 is 10.1 Å². The number of aromatic carboxylic acids is 1. The normalized spacial score (nSPS) is 10.3. The fraction of sp³-hybridized carbons (Fsp3) is 0.154. The monoisotopic (exact) mass is 215 g/mol. The lowest BCUT2D eigenvalue weighted by atomic mass is 10.0. The number of carboxylic acids is 1. The second-order valence-corrected chi connectivity index (χ2v) is 3.83. The number of rotatable bonds is 3. The highest BCUT2D eigenvalue weighted by atomic mass is 16.4. The van der Waals surface area contributed by atoms with Crippen molar-refractivity contribution in [3.05, 3.63) is 58.9 Å². The Morgan fingerprint density at radius 1 is 1.38 bits per heavy atom. The standard InChI is InChI=1S/C13H13NO2/c1-9-7-10(4-5-12(9)13(15)16)8-11-3-2-6-14-11/h2-7,14H,8H2,1H3,(H,15,16). The molecule has 0 aliphatic heterocycles. The molecule has 0 bridgehead atoms. The van der Waals surface area contributed by atoms with E-state index in [4.69, 9.17) is 5.11 Å². The number of H-pyrrole nitrogens is 1. The lowest BCUT2D eigenvalue weighted by Crippen LogP contribution is -2.00. The molecule has 82 valence electrons. The Labute approximate surface area is 93.7 Å². The molecular weight excluding hydrogens is 202 g/mol. The van der Waals surface area contributed by atoms with E-state index in [0.29, 0.717) is 5.56 Å². The Balaban J connectivity index is 2.24. The van der Waals surface area contributed by atoms with Crippen LogP contribution in [0.25, 0.3) is 0 Å². The summed E-state index contributed by atoms with van der Waals surface area (Å²) in [5, 5.41) is 8.91. The minimum Gasteiger partial charge on any atom is -0.478 e. The summed E-state index contributed by atoms with van der Waals surface area (Å²) in [7, 11) is 0. The van der Waals surface area contributed by atoms with Gasteiger partial charge >= 0.3 is 5.97 Å². The number of carboxylic acid groups (broad SMARTS) is 1. The molecule has 3 heteroatoms. The maximum Gasteiger partial charge on any atom is 0.335 e. The first-order chi connectivity index (χ1) is 7.66. The highest BCUT2D eigenvalue weighted by Gasteiger charge is 2.07. The van der Waals surface area contributed by atoms with Gasteiger partial charge in [-0.15, -0.1) is 0 Å². The molecule has 0 saturated carbocycles. The molecule has 0 aliphatic rings. The number of carbonyl (C=O) groups is 1. The van der Waals surface area contributed by atoms with Crippen LogP contribution in [0.5, 0.6) is 0 Å². The minimum atomic E-state index is -0.871. The van der Waals surface area contributed by atoms with E-state index in [1.807, 2.05) is 37.4 Å². The summed E-state index contributed by atoms with van der Waals surface area (Å²) in [6.07, 6.45) is 2.68. The molecule has 0 amide bonds.